The summed E-state index contributed by atoms with van der Waals surface area (Å²) in [4.78, 5) is 0.275. The van der Waals surface area contributed by atoms with Gasteiger partial charge in [0.25, 0.3) is 0 Å². The van der Waals surface area contributed by atoms with Gasteiger partial charge in [0.2, 0.25) is 10.0 Å². The molecule has 0 bridgehead atoms. The molecule has 1 aromatic rings. The van der Waals surface area contributed by atoms with E-state index in [0.717, 1.165) is 12.1 Å². The van der Waals surface area contributed by atoms with Crippen LogP contribution in [0, 0.1) is 0 Å². The topological polar surface area (TPSA) is 58.6 Å². The number of nitrogens with one attached hydrogen (secondary N) is 1. The Bertz CT molecular complexity index is 540. The smallest absolute Gasteiger partial charge is 0.242 e. The second kappa shape index (κ2) is 4.78. The molecule has 6 heteroatoms. The molecule has 2 rings (SSSR count). The van der Waals surface area contributed by atoms with Gasteiger partial charge in [-0.05, 0) is 24.6 Å². The average Bonchev–Trinajstić information content (AvgIpc) is 2.37. The van der Waals surface area contributed by atoms with E-state index in [9.17, 15) is 8.42 Å². The number of rotatable bonds is 3. The third-order valence-corrected chi connectivity index (χ3v) is 4.81. The lowest BCUT2D eigenvalue weighted by Gasteiger charge is -2.27. The largest absolute Gasteiger partial charge is 0.486 e. The Kier molecular flexibility index (Phi) is 3.49. The predicted octanol–water partition coefficient (Wildman–Crippen LogP) is 1.52. The summed E-state index contributed by atoms with van der Waals surface area (Å²) in [6.45, 7) is 2.76. The van der Waals surface area contributed by atoms with E-state index in [0.29, 0.717) is 12.3 Å². The molecule has 1 N–H and O–H groups in total. The van der Waals surface area contributed by atoms with Crippen LogP contribution in [-0.2, 0) is 10.0 Å². The van der Waals surface area contributed by atoms with Crippen LogP contribution >= 0.6 is 0 Å². The van der Waals surface area contributed by atoms with Crippen molar-refractivity contribution in [2.24, 2.45) is 0 Å². The van der Waals surface area contributed by atoms with E-state index in [2.05, 4.69) is 12.2 Å². The molecule has 1 atom stereocenters. The molecule has 1 aliphatic rings. The Hall–Kier alpha value is -1.27. The lowest BCUT2D eigenvalue weighted by molar-refractivity contribution is 0.201. The van der Waals surface area contributed by atoms with Crippen molar-refractivity contribution in [2.45, 2.75) is 24.3 Å². The molecule has 1 heterocycles. The quantitative estimate of drug-likeness (QED) is 0.904. The van der Waals surface area contributed by atoms with Crippen LogP contribution in [0.15, 0.2) is 23.1 Å². The molecular weight excluding hydrogens is 252 g/mol. The van der Waals surface area contributed by atoms with Crippen molar-refractivity contribution in [3.63, 3.8) is 0 Å². The van der Waals surface area contributed by atoms with Gasteiger partial charge in [0, 0.05) is 14.1 Å². The fourth-order valence-corrected chi connectivity index (χ4v) is 2.72. The molecule has 0 aliphatic carbocycles. The lowest BCUT2D eigenvalue weighted by Crippen LogP contribution is -2.30. The van der Waals surface area contributed by atoms with Gasteiger partial charge >= 0.3 is 0 Å². The molecule has 18 heavy (non-hydrogen) atoms. The number of nitrogens with zero attached hydrogens (tertiary/aromatic N) is 1. The molecule has 0 aromatic heterocycles. The number of sulfonamides is 1. The molecule has 1 unspecified atom stereocenters. The number of hydrogen-bond acceptors (Lipinski definition) is 4. The van der Waals surface area contributed by atoms with Gasteiger partial charge in [0.15, 0.2) is 0 Å². The number of hydrogen-bond donors (Lipinski definition) is 1. The number of benzene rings is 1. The van der Waals surface area contributed by atoms with Gasteiger partial charge in [-0.2, -0.15) is 0 Å². The van der Waals surface area contributed by atoms with Crippen molar-refractivity contribution in [1.29, 1.82) is 0 Å². The van der Waals surface area contributed by atoms with Gasteiger partial charge in [0.05, 0.1) is 17.1 Å². The SMILES string of the molecule is CCC1CNc2cc(S(=O)(=O)N(C)C)ccc2O1. The fraction of sp³-hybridized carbons (Fsp3) is 0.500. The molecule has 0 saturated carbocycles. The monoisotopic (exact) mass is 270 g/mol. The molecule has 0 saturated heterocycles. The first kappa shape index (κ1) is 13.2. The molecule has 5 nitrogen and oxygen atoms in total. The highest BCUT2D eigenvalue weighted by atomic mass is 32.2. The number of anilines is 1. The molecule has 1 aromatic carbocycles. The van der Waals surface area contributed by atoms with Crippen molar-refractivity contribution in [1.82, 2.24) is 4.31 Å². The summed E-state index contributed by atoms with van der Waals surface area (Å²) in [5.41, 5.74) is 0.739. The summed E-state index contributed by atoms with van der Waals surface area (Å²) in [5, 5.41) is 3.21. The van der Waals surface area contributed by atoms with Gasteiger partial charge in [-0.3, -0.25) is 0 Å². The minimum absolute atomic E-state index is 0.147. The summed E-state index contributed by atoms with van der Waals surface area (Å²) < 4.78 is 30.9. The van der Waals surface area contributed by atoms with E-state index in [4.69, 9.17) is 4.74 Å². The van der Waals surface area contributed by atoms with Crippen LogP contribution in [0.1, 0.15) is 13.3 Å². The molecule has 1 aliphatic heterocycles. The highest BCUT2D eigenvalue weighted by molar-refractivity contribution is 7.89. The van der Waals surface area contributed by atoms with Gasteiger partial charge in [0.1, 0.15) is 11.9 Å². The summed E-state index contributed by atoms with van der Waals surface area (Å²) in [6.07, 6.45) is 1.07. The van der Waals surface area contributed by atoms with Crippen molar-refractivity contribution < 1.29 is 13.2 Å². The van der Waals surface area contributed by atoms with Crippen LogP contribution in [0.4, 0.5) is 5.69 Å². The highest BCUT2D eigenvalue weighted by Crippen LogP contribution is 2.32. The highest BCUT2D eigenvalue weighted by Gasteiger charge is 2.22. The zero-order chi connectivity index (χ0) is 13.3. The lowest BCUT2D eigenvalue weighted by atomic mass is 10.2. The summed E-state index contributed by atoms with van der Waals surface area (Å²) in [5.74, 6) is 0.714. The van der Waals surface area contributed by atoms with Crippen molar-refractivity contribution in [3.8, 4) is 5.75 Å². The fourth-order valence-electron chi connectivity index (χ4n) is 1.79. The molecule has 0 fully saturated rings. The Morgan fingerprint density at radius 3 is 2.78 bits per heavy atom. The van der Waals surface area contributed by atoms with E-state index >= 15 is 0 Å². The maximum atomic E-state index is 12.0. The molecular formula is C12H18N2O3S. The maximum absolute atomic E-state index is 12.0. The Labute approximate surface area is 108 Å². The second-order valence-electron chi connectivity index (χ2n) is 4.47. The van der Waals surface area contributed by atoms with Gasteiger partial charge in [-0.15, -0.1) is 0 Å². The van der Waals surface area contributed by atoms with E-state index in [-0.39, 0.29) is 11.0 Å². The van der Waals surface area contributed by atoms with Crippen molar-refractivity contribution in [2.75, 3.05) is 26.0 Å². The summed E-state index contributed by atoms with van der Waals surface area (Å²) in [7, 11) is -0.352. The predicted molar refractivity (Wildman–Crippen MR) is 70.5 cm³/mol. The van der Waals surface area contributed by atoms with Crippen LogP contribution in [-0.4, -0.2) is 39.5 Å². The van der Waals surface area contributed by atoms with E-state index in [1.807, 2.05) is 0 Å². The Balaban J connectivity index is 2.35. The minimum atomic E-state index is -3.39. The van der Waals surface area contributed by atoms with Crippen LogP contribution in [0.5, 0.6) is 5.75 Å². The number of fused-ring (bicyclic) bond motifs is 1. The van der Waals surface area contributed by atoms with Crippen LogP contribution in [0.3, 0.4) is 0 Å². The summed E-state index contributed by atoms with van der Waals surface area (Å²) >= 11 is 0. The molecule has 0 spiro atoms. The Morgan fingerprint density at radius 1 is 1.44 bits per heavy atom. The van der Waals surface area contributed by atoms with E-state index < -0.39 is 10.0 Å². The van der Waals surface area contributed by atoms with Crippen LogP contribution in [0.2, 0.25) is 0 Å². The third kappa shape index (κ3) is 2.30. The van der Waals surface area contributed by atoms with Gasteiger partial charge in [-0.25, -0.2) is 12.7 Å². The zero-order valence-corrected chi connectivity index (χ0v) is 11.6. The van der Waals surface area contributed by atoms with Crippen molar-refractivity contribution in [3.05, 3.63) is 18.2 Å². The normalized spacial score (nSPS) is 19.0. The van der Waals surface area contributed by atoms with Crippen molar-refractivity contribution >= 4 is 15.7 Å². The first-order valence-corrected chi connectivity index (χ1v) is 7.36. The molecule has 100 valence electrons. The first-order chi connectivity index (χ1) is 8.45. The number of ether oxygens (including phenoxy) is 1. The minimum Gasteiger partial charge on any atom is -0.486 e. The zero-order valence-electron chi connectivity index (χ0n) is 10.8. The van der Waals surface area contributed by atoms with Gasteiger partial charge < -0.3 is 10.1 Å². The first-order valence-electron chi connectivity index (χ1n) is 5.92. The molecule has 0 radical (unpaired) electrons. The van der Waals surface area contributed by atoms with Crippen LogP contribution in [0.25, 0.3) is 0 Å². The standard InChI is InChI=1S/C12H18N2O3S/c1-4-9-8-13-11-7-10(5-6-12(11)17-9)18(15,16)14(2)3/h5-7,9,13H,4,8H2,1-3H3. The molecule has 0 amide bonds. The summed E-state index contributed by atoms with van der Waals surface area (Å²) in [6, 6.07) is 4.91. The van der Waals surface area contributed by atoms with Crippen LogP contribution < -0.4 is 10.1 Å². The average molecular weight is 270 g/mol. The van der Waals surface area contributed by atoms with E-state index in [1.54, 1.807) is 18.2 Å². The second-order valence-corrected chi connectivity index (χ2v) is 6.63. The van der Waals surface area contributed by atoms with E-state index in [1.165, 1.54) is 18.4 Å². The third-order valence-electron chi connectivity index (χ3n) is 3.00. The maximum Gasteiger partial charge on any atom is 0.242 e. The van der Waals surface area contributed by atoms with Gasteiger partial charge in [-0.1, -0.05) is 6.92 Å². The Morgan fingerprint density at radius 2 is 2.17 bits per heavy atom.